The van der Waals surface area contributed by atoms with E-state index >= 15 is 0 Å². The van der Waals surface area contributed by atoms with Crippen molar-refractivity contribution in [3.63, 3.8) is 0 Å². The Labute approximate surface area is 177 Å². The van der Waals surface area contributed by atoms with E-state index in [9.17, 15) is 14.9 Å². The molecule has 0 amide bonds. The third kappa shape index (κ3) is 3.95. The van der Waals surface area contributed by atoms with Gasteiger partial charge in [0.2, 0.25) is 0 Å². The van der Waals surface area contributed by atoms with E-state index < -0.39 is 4.92 Å². The normalized spacial score (nSPS) is 10.9. The molecule has 8 heteroatoms. The molecule has 0 spiro atoms. The summed E-state index contributed by atoms with van der Waals surface area (Å²) >= 11 is 0. The molecule has 1 heterocycles. The van der Waals surface area contributed by atoms with Gasteiger partial charge in [0.1, 0.15) is 11.4 Å². The van der Waals surface area contributed by atoms with Crippen LogP contribution in [0.15, 0.2) is 65.5 Å². The number of ether oxygens (including phenoxy) is 1. The Morgan fingerprint density at radius 1 is 1.10 bits per heavy atom. The van der Waals surface area contributed by atoms with E-state index in [4.69, 9.17) is 10.5 Å². The molecule has 0 saturated heterocycles. The first-order valence-corrected chi connectivity index (χ1v) is 9.74. The van der Waals surface area contributed by atoms with Gasteiger partial charge in [0, 0.05) is 23.4 Å². The minimum Gasteiger partial charge on any atom is -0.493 e. The average Bonchev–Trinajstić information content (AvgIpc) is 2.77. The summed E-state index contributed by atoms with van der Waals surface area (Å²) in [6.45, 7) is 2.33. The third-order valence-electron chi connectivity index (χ3n) is 5.03. The van der Waals surface area contributed by atoms with Crippen LogP contribution in [0.25, 0.3) is 21.9 Å². The van der Waals surface area contributed by atoms with E-state index in [1.807, 2.05) is 43.3 Å². The molecule has 0 aliphatic heterocycles. The van der Waals surface area contributed by atoms with Gasteiger partial charge in [-0.15, -0.1) is 0 Å². The molecule has 8 nitrogen and oxygen atoms in total. The van der Waals surface area contributed by atoms with E-state index in [0.717, 1.165) is 22.2 Å². The zero-order valence-electron chi connectivity index (χ0n) is 16.8. The molecule has 3 N–H and O–H groups in total. The standard InChI is InChI=1S/C23H20N4O4/c1-2-31-22-10-7-14(11-18(22)15-8-9-19(24)21(13-15)27(29)30)12-20-16-5-3-4-6-17(16)23(28)26-25-20/h3-11,13H,2,12,24H2,1H3,(H,26,28). The highest BCUT2D eigenvalue weighted by atomic mass is 16.6. The zero-order valence-corrected chi connectivity index (χ0v) is 16.8. The van der Waals surface area contributed by atoms with E-state index in [1.165, 1.54) is 12.1 Å². The fourth-order valence-electron chi connectivity index (χ4n) is 3.56. The van der Waals surface area contributed by atoms with Crippen LogP contribution in [-0.2, 0) is 6.42 Å². The van der Waals surface area contributed by atoms with Crippen molar-refractivity contribution in [3.05, 3.63) is 92.4 Å². The first-order valence-electron chi connectivity index (χ1n) is 9.74. The number of rotatable bonds is 6. The van der Waals surface area contributed by atoms with Gasteiger partial charge in [-0.05, 0) is 42.3 Å². The Kier molecular flexibility index (Phi) is 5.36. The van der Waals surface area contributed by atoms with Crippen LogP contribution < -0.4 is 16.0 Å². The van der Waals surface area contributed by atoms with Gasteiger partial charge >= 0.3 is 0 Å². The Bertz CT molecular complexity index is 1350. The monoisotopic (exact) mass is 416 g/mol. The fourth-order valence-corrected chi connectivity index (χ4v) is 3.56. The Balaban J connectivity index is 1.80. The Morgan fingerprint density at radius 3 is 2.61 bits per heavy atom. The minimum atomic E-state index is -0.501. The molecule has 4 aromatic rings. The molecule has 1 aromatic heterocycles. The second-order valence-corrected chi connectivity index (χ2v) is 7.02. The molecule has 0 saturated carbocycles. The van der Waals surface area contributed by atoms with Gasteiger partial charge in [-0.25, -0.2) is 5.10 Å². The van der Waals surface area contributed by atoms with Crippen molar-refractivity contribution in [1.82, 2.24) is 10.2 Å². The van der Waals surface area contributed by atoms with Crippen molar-refractivity contribution in [2.45, 2.75) is 13.3 Å². The van der Waals surface area contributed by atoms with Crippen molar-refractivity contribution in [2.24, 2.45) is 0 Å². The molecular weight excluding hydrogens is 396 g/mol. The van der Waals surface area contributed by atoms with E-state index in [1.54, 1.807) is 12.1 Å². The summed E-state index contributed by atoms with van der Waals surface area (Å²) in [6, 6.07) is 17.7. The maximum Gasteiger partial charge on any atom is 0.292 e. The van der Waals surface area contributed by atoms with Gasteiger partial charge in [0.05, 0.1) is 22.6 Å². The molecule has 0 atom stereocenters. The number of nitrogen functional groups attached to an aromatic ring is 1. The predicted octanol–water partition coefficient (Wildman–Crippen LogP) is 4.07. The lowest BCUT2D eigenvalue weighted by Gasteiger charge is -2.13. The van der Waals surface area contributed by atoms with E-state index in [2.05, 4.69) is 10.2 Å². The second kappa shape index (κ2) is 8.27. The predicted molar refractivity (Wildman–Crippen MR) is 119 cm³/mol. The molecule has 0 aliphatic carbocycles. The lowest BCUT2D eigenvalue weighted by Crippen LogP contribution is -2.11. The Hall–Kier alpha value is -4.20. The number of nitro benzene ring substituents is 1. The molecule has 0 unspecified atom stereocenters. The molecule has 4 rings (SSSR count). The van der Waals surface area contributed by atoms with Gasteiger partial charge in [-0.1, -0.05) is 30.3 Å². The largest absolute Gasteiger partial charge is 0.493 e. The van der Waals surface area contributed by atoms with Crippen LogP contribution in [0.1, 0.15) is 18.2 Å². The number of nitrogens with one attached hydrogen (secondary N) is 1. The number of aromatic nitrogens is 2. The zero-order chi connectivity index (χ0) is 22.0. The lowest BCUT2D eigenvalue weighted by molar-refractivity contribution is -0.383. The summed E-state index contributed by atoms with van der Waals surface area (Å²) in [5.74, 6) is 0.615. The number of hydrogen-bond acceptors (Lipinski definition) is 6. The minimum absolute atomic E-state index is 0.103. The summed E-state index contributed by atoms with van der Waals surface area (Å²) in [6.07, 6.45) is 0.466. The number of fused-ring (bicyclic) bond motifs is 1. The topological polar surface area (TPSA) is 124 Å². The van der Waals surface area contributed by atoms with Crippen molar-refractivity contribution in [2.75, 3.05) is 12.3 Å². The van der Waals surface area contributed by atoms with Crippen LogP contribution >= 0.6 is 0 Å². The van der Waals surface area contributed by atoms with Gasteiger partial charge in [-0.2, -0.15) is 5.10 Å². The van der Waals surface area contributed by atoms with Crippen LogP contribution in [0, 0.1) is 10.1 Å². The van der Waals surface area contributed by atoms with Crippen LogP contribution in [0.2, 0.25) is 0 Å². The van der Waals surface area contributed by atoms with Crippen molar-refractivity contribution < 1.29 is 9.66 Å². The highest BCUT2D eigenvalue weighted by molar-refractivity contribution is 5.84. The SMILES string of the molecule is CCOc1ccc(Cc2n[nH]c(=O)c3ccccc23)cc1-c1ccc(N)c([N+](=O)[O-])c1. The van der Waals surface area contributed by atoms with Crippen LogP contribution in [0.3, 0.4) is 0 Å². The van der Waals surface area contributed by atoms with Crippen molar-refractivity contribution >= 4 is 22.1 Å². The first kappa shape index (κ1) is 20.1. The first-order chi connectivity index (χ1) is 15.0. The summed E-state index contributed by atoms with van der Waals surface area (Å²) in [4.78, 5) is 22.9. The number of anilines is 1. The summed E-state index contributed by atoms with van der Waals surface area (Å²) in [5, 5.41) is 19.5. The Morgan fingerprint density at radius 2 is 1.87 bits per heavy atom. The maximum atomic E-state index is 12.1. The molecule has 156 valence electrons. The molecule has 0 aliphatic rings. The van der Waals surface area contributed by atoms with Crippen LogP contribution in [0.4, 0.5) is 11.4 Å². The van der Waals surface area contributed by atoms with Gasteiger partial charge in [-0.3, -0.25) is 14.9 Å². The molecule has 31 heavy (non-hydrogen) atoms. The number of nitrogens with two attached hydrogens (primary N) is 1. The molecule has 0 fully saturated rings. The van der Waals surface area contributed by atoms with Crippen LogP contribution in [-0.4, -0.2) is 21.7 Å². The number of H-pyrrole nitrogens is 1. The quantitative estimate of drug-likeness (QED) is 0.277. The van der Waals surface area contributed by atoms with Crippen molar-refractivity contribution in [3.8, 4) is 16.9 Å². The fraction of sp³-hybridized carbons (Fsp3) is 0.130. The number of aromatic amines is 1. The van der Waals surface area contributed by atoms with Gasteiger partial charge in [0.25, 0.3) is 11.2 Å². The molecular formula is C23H20N4O4. The summed E-state index contributed by atoms with van der Waals surface area (Å²) in [5.41, 5.74) is 8.46. The van der Waals surface area contributed by atoms with E-state index in [0.29, 0.717) is 29.7 Å². The smallest absolute Gasteiger partial charge is 0.292 e. The highest BCUT2D eigenvalue weighted by Crippen LogP contribution is 2.35. The lowest BCUT2D eigenvalue weighted by atomic mass is 9.98. The summed E-state index contributed by atoms with van der Waals surface area (Å²) in [7, 11) is 0. The molecule has 3 aromatic carbocycles. The number of nitro groups is 1. The molecule has 0 bridgehead atoms. The van der Waals surface area contributed by atoms with Gasteiger partial charge < -0.3 is 10.5 Å². The highest BCUT2D eigenvalue weighted by Gasteiger charge is 2.16. The third-order valence-corrected chi connectivity index (χ3v) is 5.03. The van der Waals surface area contributed by atoms with Gasteiger partial charge in [0.15, 0.2) is 0 Å². The second-order valence-electron chi connectivity index (χ2n) is 7.02. The average molecular weight is 416 g/mol. The number of hydrogen-bond donors (Lipinski definition) is 2. The van der Waals surface area contributed by atoms with Crippen molar-refractivity contribution in [1.29, 1.82) is 0 Å². The van der Waals surface area contributed by atoms with E-state index in [-0.39, 0.29) is 16.9 Å². The number of nitrogens with zero attached hydrogens (tertiary/aromatic N) is 2. The summed E-state index contributed by atoms with van der Waals surface area (Å²) < 4.78 is 5.75. The van der Waals surface area contributed by atoms with Crippen LogP contribution in [0.5, 0.6) is 5.75 Å². The molecule has 0 radical (unpaired) electrons. The number of benzene rings is 3. The maximum absolute atomic E-state index is 12.1.